The molecular formula is C14H23NOS. The quantitative estimate of drug-likeness (QED) is 0.840. The molecule has 0 amide bonds. The number of hydrogen-bond acceptors (Lipinski definition) is 3. The monoisotopic (exact) mass is 253 g/mol. The van der Waals surface area contributed by atoms with Gasteiger partial charge >= 0.3 is 0 Å². The SMILES string of the molecule is CCSCC(NC)c1cc(C)c(OC)cc1C. The molecule has 0 fully saturated rings. The van der Waals surface area contributed by atoms with Crippen molar-refractivity contribution in [3.8, 4) is 5.75 Å². The van der Waals surface area contributed by atoms with E-state index in [1.165, 1.54) is 16.7 Å². The van der Waals surface area contributed by atoms with Crippen LogP contribution in [0.25, 0.3) is 0 Å². The molecule has 0 aliphatic carbocycles. The van der Waals surface area contributed by atoms with Crippen LogP contribution in [0, 0.1) is 13.8 Å². The summed E-state index contributed by atoms with van der Waals surface area (Å²) >= 11 is 1.97. The van der Waals surface area contributed by atoms with E-state index in [1.54, 1.807) is 7.11 Å². The summed E-state index contributed by atoms with van der Waals surface area (Å²) in [6.07, 6.45) is 0. The molecule has 3 heteroatoms. The lowest BCUT2D eigenvalue weighted by molar-refractivity contribution is 0.411. The first-order chi connectivity index (χ1) is 8.13. The van der Waals surface area contributed by atoms with Gasteiger partial charge in [-0.3, -0.25) is 0 Å². The smallest absolute Gasteiger partial charge is 0.122 e. The van der Waals surface area contributed by atoms with Gasteiger partial charge in [0.1, 0.15) is 5.75 Å². The number of aryl methyl sites for hydroxylation is 2. The maximum Gasteiger partial charge on any atom is 0.122 e. The molecule has 2 nitrogen and oxygen atoms in total. The Bertz CT molecular complexity index is 365. The van der Waals surface area contributed by atoms with Gasteiger partial charge in [0.2, 0.25) is 0 Å². The van der Waals surface area contributed by atoms with Gasteiger partial charge in [0.15, 0.2) is 0 Å². The van der Waals surface area contributed by atoms with Gasteiger partial charge in [0.05, 0.1) is 7.11 Å². The molecular weight excluding hydrogens is 230 g/mol. The molecule has 1 aromatic rings. The molecule has 1 aromatic carbocycles. The highest BCUT2D eigenvalue weighted by Gasteiger charge is 2.13. The molecule has 96 valence electrons. The second-order valence-corrected chi connectivity index (χ2v) is 5.50. The van der Waals surface area contributed by atoms with Gasteiger partial charge in [0, 0.05) is 11.8 Å². The Balaban J connectivity index is 2.99. The molecule has 0 saturated carbocycles. The zero-order valence-electron chi connectivity index (χ0n) is 11.5. The van der Waals surface area contributed by atoms with E-state index >= 15 is 0 Å². The second-order valence-electron chi connectivity index (χ2n) is 4.18. The first-order valence-electron chi connectivity index (χ1n) is 6.04. The average Bonchev–Trinajstić information content (AvgIpc) is 2.33. The van der Waals surface area contributed by atoms with Gasteiger partial charge in [-0.25, -0.2) is 0 Å². The number of ether oxygens (including phenoxy) is 1. The van der Waals surface area contributed by atoms with Crippen LogP contribution < -0.4 is 10.1 Å². The zero-order valence-corrected chi connectivity index (χ0v) is 12.3. The minimum Gasteiger partial charge on any atom is -0.496 e. The maximum absolute atomic E-state index is 5.35. The lowest BCUT2D eigenvalue weighted by Crippen LogP contribution is -2.20. The van der Waals surface area contributed by atoms with Gasteiger partial charge < -0.3 is 10.1 Å². The van der Waals surface area contributed by atoms with Crippen molar-refractivity contribution in [1.82, 2.24) is 5.32 Å². The third-order valence-electron chi connectivity index (χ3n) is 3.00. The summed E-state index contributed by atoms with van der Waals surface area (Å²) in [5.41, 5.74) is 3.88. The van der Waals surface area contributed by atoms with E-state index < -0.39 is 0 Å². The number of benzene rings is 1. The molecule has 1 N–H and O–H groups in total. The number of thioether (sulfide) groups is 1. The second kappa shape index (κ2) is 6.92. The van der Waals surface area contributed by atoms with Crippen LogP contribution in [0.3, 0.4) is 0 Å². The Morgan fingerprint density at radius 2 is 2.00 bits per heavy atom. The van der Waals surface area contributed by atoms with Crippen molar-refractivity contribution in [2.24, 2.45) is 0 Å². The van der Waals surface area contributed by atoms with Crippen molar-refractivity contribution in [2.75, 3.05) is 25.7 Å². The molecule has 0 radical (unpaired) electrons. The van der Waals surface area contributed by atoms with Gasteiger partial charge in [-0.2, -0.15) is 11.8 Å². The van der Waals surface area contributed by atoms with Gasteiger partial charge in [-0.1, -0.05) is 13.0 Å². The van der Waals surface area contributed by atoms with Crippen LogP contribution in [0.4, 0.5) is 0 Å². The van der Waals surface area contributed by atoms with E-state index in [0.717, 1.165) is 17.3 Å². The number of nitrogens with one attached hydrogen (secondary N) is 1. The average molecular weight is 253 g/mol. The molecule has 0 aromatic heterocycles. The fourth-order valence-electron chi connectivity index (χ4n) is 1.97. The fraction of sp³-hybridized carbons (Fsp3) is 0.571. The first kappa shape index (κ1) is 14.4. The maximum atomic E-state index is 5.35. The Labute approximate surface area is 109 Å². The van der Waals surface area contributed by atoms with Crippen molar-refractivity contribution >= 4 is 11.8 Å². The molecule has 1 atom stereocenters. The molecule has 0 heterocycles. The summed E-state index contributed by atoms with van der Waals surface area (Å²) in [7, 11) is 3.75. The van der Waals surface area contributed by atoms with Crippen LogP contribution in [0.15, 0.2) is 12.1 Å². The minimum absolute atomic E-state index is 0.421. The van der Waals surface area contributed by atoms with E-state index in [2.05, 4.69) is 38.2 Å². The standard InChI is InChI=1S/C14H23NOS/c1-6-17-9-13(15-4)12-7-11(3)14(16-5)8-10(12)2/h7-8,13,15H,6,9H2,1-5H3. The molecule has 17 heavy (non-hydrogen) atoms. The van der Waals surface area contributed by atoms with Crippen LogP contribution >= 0.6 is 11.8 Å². The third-order valence-corrected chi connectivity index (χ3v) is 3.97. The zero-order chi connectivity index (χ0) is 12.8. The number of methoxy groups -OCH3 is 1. The van der Waals surface area contributed by atoms with Crippen LogP contribution in [-0.2, 0) is 0 Å². The molecule has 1 unspecified atom stereocenters. The number of rotatable bonds is 6. The van der Waals surface area contributed by atoms with Crippen molar-refractivity contribution in [3.63, 3.8) is 0 Å². The third kappa shape index (κ3) is 3.65. The van der Waals surface area contributed by atoms with Gasteiger partial charge in [-0.05, 0) is 49.4 Å². The summed E-state index contributed by atoms with van der Waals surface area (Å²) < 4.78 is 5.35. The number of hydrogen-bond donors (Lipinski definition) is 1. The van der Waals surface area contributed by atoms with Crippen molar-refractivity contribution in [1.29, 1.82) is 0 Å². The highest BCUT2D eigenvalue weighted by molar-refractivity contribution is 7.99. The predicted octanol–water partition coefficient (Wildman–Crippen LogP) is 3.33. The summed E-state index contributed by atoms with van der Waals surface area (Å²) in [6.45, 7) is 6.45. The van der Waals surface area contributed by atoms with Gasteiger partial charge in [-0.15, -0.1) is 0 Å². The lowest BCUT2D eigenvalue weighted by atomic mass is 9.99. The molecule has 0 bridgehead atoms. The predicted molar refractivity (Wildman–Crippen MR) is 77.3 cm³/mol. The fourth-order valence-corrected chi connectivity index (χ4v) is 2.79. The van der Waals surface area contributed by atoms with Crippen LogP contribution in [0.2, 0.25) is 0 Å². The Morgan fingerprint density at radius 1 is 1.29 bits per heavy atom. The molecule has 1 rings (SSSR count). The Hall–Kier alpha value is -0.670. The van der Waals surface area contributed by atoms with Crippen molar-refractivity contribution in [3.05, 3.63) is 28.8 Å². The summed E-state index contributed by atoms with van der Waals surface area (Å²) in [5.74, 6) is 3.25. The molecule has 0 aliphatic rings. The van der Waals surface area contributed by atoms with E-state index in [-0.39, 0.29) is 0 Å². The summed E-state index contributed by atoms with van der Waals surface area (Å²) in [5, 5.41) is 3.40. The topological polar surface area (TPSA) is 21.3 Å². The largest absolute Gasteiger partial charge is 0.496 e. The summed E-state index contributed by atoms with van der Waals surface area (Å²) in [4.78, 5) is 0. The normalized spacial score (nSPS) is 12.5. The van der Waals surface area contributed by atoms with Crippen molar-refractivity contribution in [2.45, 2.75) is 26.8 Å². The first-order valence-corrected chi connectivity index (χ1v) is 7.19. The molecule has 0 saturated heterocycles. The summed E-state index contributed by atoms with van der Waals surface area (Å²) in [6, 6.07) is 4.79. The molecule has 0 spiro atoms. The lowest BCUT2D eigenvalue weighted by Gasteiger charge is -2.20. The molecule has 0 aliphatic heterocycles. The van der Waals surface area contributed by atoms with Crippen LogP contribution in [0.1, 0.15) is 29.7 Å². The van der Waals surface area contributed by atoms with E-state index in [1.807, 2.05) is 18.8 Å². The van der Waals surface area contributed by atoms with E-state index in [9.17, 15) is 0 Å². The van der Waals surface area contributed by atoms with Crippen LogP contribution in [-0.4, -0.2) is 25.7 Å². The Kier molecular flexibility index (Phi) is 5.86. The van der Waals surface area contributed by atoms with E-state index in [0.29, 0.717) is 6.04 Å². The van der Waals surface area contributed by atoms with Gasteiger partial charge in [0.25, 0.3) is 0 Å². The van der Waals surface area contributed by atoms with Crippen molar-refractivity contribution < 1.29 is 4.74 Å². The van der Waals surface area contributed by atoms with E-state index in [4.69, 9.17) is 4.74 Å². The van der Waals surface area contributed by atoms with Crippen LogP contribution in [0.5, 0.6) is 5.75 Å². The highest BCUT2D eigenvalue weighted by Crippen LogP contribution is 2.28. The Morgan fingerprint density at radius 3 is 2.53 bits per heavy atom. The highest BCUT2D eigenvalue weighted by atomic mass is 32.2. The minimum atomic E-state index is 0.421.